The van der Waals surface area contributed by atoms with Gasteiger partial charge in [0.1, 0.15) is 6.04 Å². The molecule has 0 aromatic carbocycles. The number of fused-ring (bicyclic) bond motifs is 2. The van der Waals surface area contributed by atoms with Crippen LogP contribution in [0.25, 0.3) is 0 Å². The molecule has 0 aromatic rings. The second kappa shape index (κ2) is 13.4. The van der Waals surface area contributed by atoms with Crippen LogP contribution in [0.2, 0.25) is 0 Å². The third-order valence-electron chi connectivity index (χ3n) is 16.4. The zero-order valence-electron chi connectivity index (χ0n) is 32.7. The molecule has 11 nitrogen and oxygen atoms in total. The van der Waals surface area contributed by atoms with Gasteiger partial charge in [0.25, 0.3) is 0 Å². The quantitative estimate of drug-likeness (QED) is 0.209. The first-order valence-corrected chi connectivity index (χ1v) is 19.7. The minimum Gasteiger partial charge on any atom is -0.480 e. The molecule has 5 aliphatic carbocycles. The number of aliphatic hydroxyl groups excluding tert-OH is 2. The summed E-state index contributed by atoms with van der Waals surface area (Å²) in [5.41, 5.74) is -1.19. The molecule has 6 rings (SSSR count). The van der Waals surface area contributed by atoms with Crippen LogP contribution in [0.3, 0.4) is 0 Å². The van der Waals surface area contributed by atoms with E-state index < -0.39 is 54.8 Å². The van der Waals surface area contributed by atoms with Crippen molar-refractivity contribution in [1.29, 1.82) is 0 Å². The summed E-state index contributed by atoms with van der Waals surface area (Å²) in [4.78, 5) is 25.5. The van der Waals surface area contributed by atoms with Crippen molar-refractivity contribution in [3.05, 3.63) is 0 Å². The summed E-state index contributed by atoms with van der Waals surface area (Å²) in [5, 5.41) is 42.5. The van der Waals surface area contributed by atoms with Gasteiger partial charge in [-0.05, 0) is 117 Å². The molecule has 14 atom stereocenters. The smallest absolute Gasteiger partial charge is 0.323 e. The third-order valence-corrected chi connectivity index (χ3v) is 16.4. The van der Waals surface area contributed by atoms with Crippen LogP contribution in [0.4, 0.5) is 0 Å². The van der Waals surface area contributed by atoms with E-state index in [4.69, 9.17) is 18.9 Å². The van der Waals surface area contributed by atoms with Gasteiger partial charge < -0.3 is 39.4 Å². The van der Waals surface area contributed by atoms with Gasteiger partial charge in [-0.25, -0.2) is 0 Å². The Morgan fingerprint density at radius 3 is 2.31 bits per heavy atom. The minimum atomic E-state index is -1.26. The monoisotopic (exact) mass is 721 g/mol. The Hall–Kier alpha value is -1.34. The molecule has 0 bridgehead atoms. The molecule has 6 fully saturated rings. The first kappa shape index (κ1) is 39.4. The van der Waals surface area contributed by atoms with Crippen molar-refractivity contribution < 1.29 is 49.0 Å². The van der Waals surface area contributed by atoms with Crippen LogP contribution in [0.1, 0.15) is 113 Å². The van der Waals surface area contributed by atoms with Gasteiger partial charge in [-0.15, -0.1) is 0 Å². The Kier molecular flexibility index (Phi) is 10.4. The number of ether oxygens (including phenoxy) is 4. The Balaban J connectivity index is 1.18. The van der Waals surface area contributed by atoms with E-state index in [1.165, 1.54) is 19.8 Å². The molecule has 0 aromatic heterocycles. The van der Waals surface area contributed by atoms with Crippen LogP contribution >= 0.6 is 0 Å². The number of hydrogen-bond acceptors (Lipinski definition) is 10. The number of rotatable bonds is 12. The molecule has 2 spiro atoms. The molecule has 1 heterocycles. The molecule has 5 saturated carbocycles. The fourth-order valence-electron chi connectivity index (χ4n) is 13.8. The topological polar surface area (TPSA) is 155 Å². The van der Waals surface area contributed by atoms with Gasteiger partial charge in [-0.2, -0.15) is 0 Å². The van der Waals surface area contributed by atoms with Crippen LogP contribution in [0.5, 0.6) is 0 Å². The second-order valence-corrected chi connectivity index (χ2v) is 19.2. The molecular weight excluding hydrogens is 654 g/mol. The van der Waals surface area contributed by atoms with Crippen molar-refractivity contribution >= 4 is 11.9 Å². The van der Waals surface area contributed by atoms with Gasteiger partial charge in [-0.3, -0.25) is 14.5 Å². The summed E-state index contributed by atoms with van der Waals surface area (Å²) >= 11 is 0. The molecule has 51 heavy (non-hydrogen) atoms. The number of morpholine rings is 1. The number of carbonyl (C=O) groups excluding carboxylic acids is 1. The van der Waals surface area contributed by atoms with Crippen molar-refractivity contribution in [2.24, 2.45) is 50.7 Å². The number of carbonyl (C=O) groups is 2. The SMILES string of the molecule is COC(C[C@@H](C)[C@H]1C[C@H](O)[C@@]2(C)C3CC[C@H]4C(C)(C)C(O[C@H]5CN(C(CO)C(=O)O)CCO5)CCC45CC35CCC12C)[C@H](OC(C)=O)C(C)(C)O. The lowest BCUT2D eigenvalue weighted by molar-refractivity contribution is -0.251. The molecule has 7 unspecified atom stereocenters. The molecule has 1 saturated heterocycles. The van der Waals surface area contributed by atoms with Crippen molar-refractivity contribution in [3.63, 3.8) is 0 Å². The van der Waals surface area contributed by atoms with Gasteiger partial charge in [0.15, 0.2) is 12.4 Å². The Labute approximate surface area is 305 Å². The van der Waals surface area contributed by atoms with Crippen LogP contribution in [-0.4, -0.2) is 113 Å². The normalized spacial score (nSPS) is 44.2. The number of nitrogens with zero attached hydrogens (tertiary/aromatic N) is 1. The molecule has 6 aliphatic rings. The predicted molar refractivity (Wildman–Crippen MR) is 189 cm³/mol. The number of aliphatic carboxylic acids is 1. The lowest BCUT2D eigenvalue weighted by Gasteiger charge is -2.64. The molecular formula is C40H67NO10. The van der Waals surface area contributed by atoms with Gasteiger partial charge >= 0.3 is 11.9 Å². The molecule has 4 N–H and O–H groups in total. The highest BCUT2D eigenvalue weighted by Crippen LogP contribution is 2.89. The minimum absolute atomic E-state index is 0.00939. The van der Waals surface area contributed by atoms with E-state index in [1.807, 2.05) is 0 Å². The maximum absolute atomic E-state index is 12.2. The average molecular weight is 722 g/mol. The Morgan fingerprint density at radius 1 is 1.04 bits per heavy atom. The number of carboxylic acid groups (broad SMARTS) is 1. The maximum atomic E-state index is 12.2. The van der Waals surface area contributed by atoms with Gasteiger partial charge in [0, 0.05) is 26.0 Å². The van der Waals surface area contributed by atoms with Crippen LogP contribution in [0, 0.1) is 50.7 Å². The number of carboxylic acids is 1. The molecule has 11 heteroatoms. The van der Waals surface area contributed by atoms with Crippen LogP contribution in [0.15, 0.2) is 0 Å². The third kappa shape index (κ3) is 6.02. The largest absolute Gasteiger partial charge is 0.480 e. The maximum Gasteiger partial charge on any atom is 0.323 e. The number of aliphatic hydroxyl groups is 3. The fourth-order valence-corrected chi connectivity index (χ4v) is 13.8. The highest BCUT2D eigenvalue weighted by atomic mass is 16.7. The Morgan fingerprint density at radius 2 is 1.71 bits per heavy atom. The highest BCUT2D eigenvalue weighted by Gasteiger charge is 2.83. The van der Waals surface area contributed by atoms with Crippen LogP contribution in [-0.2, 0) is 28.5 Å². The van der Waals surface area contributed by atoms with E-state index in [2.05, 4.69) is 34.6 Å². The second-order valence-electron chi connectivity index (χ2n) is 19.2. The van der Waals surface area contributed by atoms with Crippen molar-refractivity contribution in [2.75, 3.05) is 33.4 Å². The van der Waals surface area contributed by atoms with E-state index in [-0.39, 0.29) is 45.0 Å². The first-order chi connectivity index (χ1) is 23.7. The summed E-state index contributed by atoms with van der Waals surface area (Å²) in [5.74, 6) is -0.0935. The number of methoxy groups -OCH3 is 1. The number of esters is 1. The Bertz CT molecular complexity index is 1320. The summed E-state index contributed by atoms with van der Waals surface area (Å²) in [6.07, 6.45) is 6.84. The zero-order valence-corrected chi connectivity index (χ0v) is 32.7. The van der Waals surface area contributed by atoms with Gasteiger partial charge in [-0.1, -0.05) is 34.6 Å². The van der Waals surface area contributed by atoms with Gasteiger partial charge in [0.2, 0.25) is 0 Å². The van der Waals surface area contributed by atoms with Crippen molar-refractivity contribution in [1.82, 2.24) is 4.90 Å². The molecule has 0 radical (unpaired) electrons. The predicted octanol–water partition coefficient (Wildman–Crippen LogP) is 4.63. The number of hydrogen-bond donors (Lipinski definition) is 4. The zero-order chi connectivity index (χ0) is 37.5. The van der Waals surface area contributed by atoms with Gasteiger partial charge in [0.05, 0.1) is 43.7 Å². The summed E-state index contributed by atoms with van der Waals surface area (Å²) < 4.78 is 24.3. The first-order valence-electron chi connectivity index (χ1n) is 19.7. The van der Waals surface area contributed by atoms with E-state index in [0.717, 1.165) is 38.5 Å². The summed E-state index contributed by atoms with van der Waals surface area (Å²) in [6, 6.07) is -0.956. The van der Waals surface area contributed by atoms with E-state index >= 15 is 0 Å². The molecule has 0 amide bonds. The van der Waals surface area contributed by atoms with E-state index in [0.29, 0.717) is 38.0 Å². The van der Waals surface area contributed by atoms with Crippen molar-refractivity contribution in [2.45, 2.75) is 156 Å². The lowest BCUT2D eigenvalue weighted by atomic mass is 9.41. The molecule has 292 valence electrons. The summed E-state index contributed by atoms with van der Waals surface area (Å²) in [6.45, 7) is 17.2. The highest BCUT2D eigenvalue weighted by molar-refractivity contribution is 5.73. The van der Waals surface area contributed by atoms with E-state index in [9.17, 15) is 30.0 Å². The molecule has 1 aliphatic heterocycles. The fraction of sp³-hybridized carbons (Fsp3) is 0.950. The average Bonchev–Trinajstić information content (AvgIpc) is 3.66. The summed E-state index contributed by atoms with van der Waals surface area (Å²) in [7, 11) is 1.62. The van der Waals surface area contributed by atoms with E-state index in [1.54, 1.807) is 25.9 Å². The van der Waals surface area contributed by atoms with Crippen molar-refractivity contribution in [3.8, 4) is 0 Å². The lowest BCUT2D eigenvalue weighted by Crippen LogP contribution is -2.60. The van der Waals surface area contributed by atoms with Crippen LogP contribution < -0.4 is 0 Å². The standard InChI is InChI=1S/C40H67NO10/c1-23(18-27(48-9)33(36(5,6)47)50-24(2)43)25-19-30(44)38(8)29-11-10-28-35(3,4)31(12-13-39(28)22-40(29,39)15-14-37(25,38)7)51-32-20-41(16-17-49-32)26(21-42)34(45)46/h23,25-33,42,44,47H,10-22H2,1-9H3,(H,45,46)/t23-,25-,26?,27?,28+,29?,30+,31?,32+,33+,37?,38-,39?,40?/m1/s1.